The van der Waals surface area contributed by atoms with E-state index in [2.05, 4.69) is 42.5 Å². The van der Waals surface area contributed by atoms with Gasteiger partial charge in [-0.2, -0.15) is 0 Å². The number of aliphatic hydroxyl groups excluding tert-OH is 2. The second kappa shape index (κ2) is 20.9. The molecule has 0 amide bonds. The normalized spacial score (nSPS) is 20.7. The molecule has 9 rings (SSSR count). The van der Waals surface area contributed by atoms with Crippen molar-refractivity contribution in [2.24, 2.45) is 0 Å². The van der Waals surface area contributed by atoms with Crippen LogP contribution in [0.25, 0.3) is 0 Å². The van der Waals surface area contributed by atoms with Gasteiger partial charge in [-0.3, -0.25) is 4.79 Å². The fourth-order valence-electron chi connectivity index (χ4n) is 8.40. The van der Waals surface area contributed by atoms with Crippen LogP contribution >= 0.6 is 34.8 Å². The van der Waals surface area contributed by atoms with Gasteiger partial charge < -0.3 is 14.9 Å². The zero-order chi connectivity index (χ0) is 39.2. The quantitative estimate of drug-likeness (QED) is 0.164. The molecule has 0 saturated heterocycles. The third kappa shape index (κ3) is 10.5. The van der Waals surface area contributed by atoms with Crippen LogP contribution in [-0.2, 0) is 28.1 Å². The van der Waals surface area contributed by atoms with E-state index in [-0.39, 0.29) is 44.0 Å². The van der Waals surface area contributed by atoms with Crippen molar-refractivity contribution in [3.05, 3.63) is 211 Å². The van der Waals surface area contributed by atoms with E-state index < -0.39 is 12.2 Å². The number of hydrogen-bond donors (Lipinski definition) is 2. The van der Waals surface area contributed by atoms with Crippen LogP contribution in [0.3, 0.4) is 0 Å². The Labute approximate surface area is 370 Å². The fraction of sp³-hybridized carbons (Fsp3) is 0.260. The summed E-state index contributed by atoms with van der Waals surface area (Å²) in [6.45, 7) is 1.98. The first-order valence-electron chi connectivity index (χ1n) is 19.3. The molecule has 299 valence electrons. The number of halogens is 3. The van der Waals surface area contributed by atoms with E-state index >= 15 is 0 Å². The van der Waals surface area contributed by atoms with Crippen LogP contribution in [0.1, 0.15) is 133 Å². The third-order valence-corrected chi connectivity index (χ3v) is 11.7. The van der Waals surface area contributed by atoms with Gasteiger partial charge in [-0.05, 0) is 112 Å². The maximum Gasteiger partial charge on any atom is 0.306 e. The van der Waals surface area contributed by atoms with E-state index in [0.29, 0.717) is 33.3 Å². The van der Waals surface area contributed by atoms with Crippen molar-refractivity contribution in [3.63, 3.8) is 0 Å². The molecule has 3 aliphatic rings. The van der Waals surface area contributed by atoms with Gasteiger partial charge in [-0.25, -0.2) is 0 Å². The monoisotopic (exact) mass is 869 g/mol. The summed E-state index contributed by atoms with van der Waals surface area (Å²) in [4.78, 5) is 11.9. The van der Waals surface area contributed by atoms with E-state index in [1.54, 1.807) is 0 Å². The molecule has 0 fully saturated rings. The number of benzene rings is 6. The minimum Gasteiger partial charge on any atom is -0.457 e. The van der Waals surface area contributed by atoms with Crippen molar-refractivity contribution in [3.8, 4) is 0 Å². The smallest absolute Gasteiger partial charge is 0.306 e. The number of aliphatic hydroxyl groups is 2. The average molecular weight is 871 g/mol. The predicted molar refractivity (Wildman–Crippen MR) is 233 cm³/mol. The molecule has 58 heavy (non-hydrogen) atoms. The van der Waals surface area contributed by atoms with Crippen molar-refractivity contribution in [1.29, 1.82) is 0 Å². The molecule has 0 saturated carbocycles. The summed E-state index contributed by atoms with van der Waals surface area (Å²) >= 11 is 18.1. The van der Waals surface area contributed by atoms with Crippen molar-refractivity contribution in [1.82, 2.24) is 0 Å². The number of fused-ring (bicyclic) bond motifs is 3. The van der Waals surface area contributed by atoms with Crippen LogP contribution in [0, 0.1) is 0 Å². The van der Waals surface area contributed by atoms with Crippen molar-refractivity contribution >= 4 is 40.8 Å². The number of carbonyl (C=O) groups is 1. The molecule has 1 radical (unpaired) electrons. The summed E-state index contributed by atoms with van der Waals surface area (Å²) in [5, 5.41) is 22.2. The SMILES string of the molecule is C.CCCC(=O)O[C@@H]1C[C@H](c2ccccc2)c2ccc(Cl)cc21.OC1CC(c2ccccc2)c2ccc(Cl)cc21.O[C@H]1C[C@@H](c2ccccc2)c2ccc(Cl)cc21.[V]. The number of carbonyl (C=O) groups excluding carboxylic acids is 1. The second-order valence-electron chi connectivity index (χ2n) is 14.7. The zero-order valence-electron chi connectivity index (χ0n) is 31.6. The molecule has 0 bridgehead atoms. The van der Waals surface area contributed by atoms with Crippen LogP contribution < -0.4 is 0 Å². The van der Waals surface area contributed by atoms with E-state index in [4.69, 9.17) is 39.5 Å². The third-order valence-electron chi connectivity index (χ3n) is 11.0. The van der Waals surface area contributed by atoms with Gasteiger partial charge in [-0.15, -0.1) is 0 Å². The minimum atomic E-state index is -0.395. The van der Waals surface area contributed by atoms with Gasteiger partial charge in [0, 0.05) is 57.8 Å². The first kappa shape index (κ1) is 45.3. The molecule has 6 atom stereocenters. The number of ether oxygens (including phenoxy) is 1. The second-order valence-corrected chi connectivity index (χ2v) is 16.0. The Balaban J connectivity index is 0.000000165. The Bertz CT molecular complexity index is 2150. The van der Waals surface area contributed by atoms with Gasteiger partial charge in [0.25, 0.3) is 0 Å². The molecule has 4 nitrogen and oxygen atoms in total. The van der Waals surface area contributed by atoms with Crippen LogP contribution in [-0.4, -0.2) is 16.2 Å². The van der Waals surface area contributed by atoms with Crippen LogP contribution in [0.4, 0.5) is 0 Å². The molecule has 2 N–H and O–H groups in total. The zero-order valence-corrected chi connectivity index (χ0v) is 35.3. The molecular weight excluding hydrogens is 822 g/mol. The fourth-order valence-corrected chi connectivity index (χ4v) is 8.95. The molecule has 6 aromatic carbocycles. The molecule has 3 aliphatic carbocycles. The van der Waals surface area contributed by atoms with Crippen LogP contribution in [0.5, 0.6) is 0 Å². The number of rotatable bonds is 6. The Hall–Kier alpha value is -3.84. The van der Waals surface area contributed by atoms with Gasteiger partial charge in [-0.1, -0.05) is 158 Å². The van der Waals surface area contributed by atoms with E-state index in [0.717, 1.165) is 42.4 Å². The standard InChI is InChI=1S/C19H19ClO2.2C15H13ClO.CH4.V/c1-2-6-19(21)22-18-12-16(13-7-4-3-5-8-13)15-10-9-14(20)11-17(15)18;2*16-11-6-7-12-13(9-15(17)14(12)8-11)10-4-2-1-3-5-10;;/h3-5,7-11,16,18H,2,6,12H2,1H3;2*1-8,13,15,17H,9H2;1H4;/t16-,18-;13-,15-;;;/m10.../s1. The average Bonchev–Trinajstić information content (AvgIpc) is 3.86. The van der Waals surface area contributed by atoms with Crippen LogP contribution in [0.2, 0.25) is 15.1 Å². The molecule has 2 unspecified atom stereocenters. The minimum absolute atomic E-state index is 0. The Morgan fingerprint density at radius 3 is 1.26 bits per heavy atom. The number of hydrogen-bond acceptors (Lipinski definition) is 4. The molecule has 0 spiro atoms. The van der Waals surface area contributed by atoms with Crippen molar-refractivity contribution in [2.45, 2.75) is 82.5 Å². The maximum atomic E-state index is 11.9. The van der Waals surface area contributed by atoms with Crippen molar-refractivity contribution in [2.75, 3.05) is 0 Å². The van der Waals surface area contributed by atoms with E-state index in [1.807, 2.05) is 110 Å². The predicted octanol–water partition coefficient (Wildman–Crippen LogP) is 13.7. The molecule has 0 aromatic heterocycles. The van der Waals surface area contributed by atoms with Gasteiger partial charge in [0.05, 0.1) is 12.2 Å². The van der Waals surface area contributed by atoms with Gasteiger partial charge >= 0.3 is 5.97 Å². The Morgan fingerprint density at radius 2 is 0.879 bits per heavy atom. The summed E-state index contributed by atoms with van der Waals surface area (Å²) in [5.41, 5.74) is 10.4. The molecule has 0 heterocycles. The summed E-state index contributed by atoms with van der Waals surface area (Å²) in [5.74, 6) is 0.706. The first-order valence-corrected chi connectivity index (χ1v) is 20.4. The van der Waals surface area contributed by atoms with Crippen molar-refractivity contribution < 1.29 is 38.3 Å². The molecule has 0 aliphatic heterocycles. The maximum absolute atomic E-state index is 11.9. The Morgan fingerprint density at radius 1 is 0.534 bits per heavy atom. The Kier molecular flexibility index (Phi) is 16.3. The molecular formula is C50H49Cl3O4V. The van der Waals surface area contributed by atoms with E-state index in [1.165, 1.54) is 33.4 Å². The van der Waals surface area contributed by atoms with Gasteiger partial charge in [0.1, 0.15) is 6.10 Å². The van der Waals surface area contributed by atoms with Gasteiger partial charge in [0.15, 0.2) is 0 Å². The topological polar surface area (TPSA) is 66.8 Å². The summed E-state index contributed by atoms with van der Waals surface area (Å²) in [6.07, 6.45) is 2.56. The molecule has 8 heteroatoms. The van der Waals surface area contributed by atoms with Gasteiger partial charge in [0.2, 0.25) is 0 Å². The van der Waals surface area contributed by atoms with Crippen LogP contribution in [0.15, 0.2) is 146 Å². The number of esters is 1. The first-order chi connectivity index (χ1) is 27.2. The van der Waals surface area contributed by atoms with E-state index in [9.17, 15) is 15.0 Å². The summed E-state index contributed by atoms with van der Waals surface area (Å²) < 4.78 is 5.69. The summed E-state index contributed by atoms with van der Waals surface area (Å²) in [6, 6.07) is 48.5. The largest absolute Gasteiger partial charge is 0.457 e. The summed E-state index contributed by atoms with van der Waals surface area (Å²) in [7, 11) is 0. The molecule has 6 aromatic rings.